The number of nitrogens with one attached hydrogen (secondary N) is 1. The van der Waals surface area contributed by atoms with Crippen LogP contribution in [0.2, 0.25) is 0 Å². The first-order valence-corrected chi connectivity index (χ1v) is 6.19. The summed E-state index contributed by atoms with van der Waals surface area (Å²) >= 11 is 0. The van der Waals surface area contributed by atoms with Gasteiger partial charge >= 0.3 is 0 Å². The molecule has 2 heteroatoms. The first-order valence-electron chi connectivity index (χ1n) is 6.19. The first kappa shape index (κ1) is 11.0. The molecule has 0 radical (unpaired) electrons. The fourth-order valence-electron chi connectivity index (χ4n) is 2.55. The lowest BCUT2D eigenvalue weighted by Gasteiger charge is -2.41. The van der Waals surface area contributed by atoms with Crippen molar-refractivity contribution in [2.75, 3.05) is 6.54 Å². The van der Waals surface area contributed by atoms with Crippen molar-refractivity contribution in [1.29, 1.82) is 0 Å². The van der Waals surface area contributed by atoms with Gasteiger partial charge in [-0.1, -0.05) is 60.7 Å². The van der Waals surface area contributed by atoms with E-state index in [-0.39, 0.29) is 11.3 Å². The van der Waals surface area contributed by atoms with E-state index in [2.05, 4.69) is 17.4 Å². The van der Waals surface area contributed by atoms with Crippen LogP contribution in [0.3, 0.4) is 0 Å². The molecule has 18 heavy (non-hydrogen) atoms. The van der Waals surface area contributed by atoms with E-state index in [0.717, 1.165) is 18.5 Å². The molecule has 2 aromatic carbocycles. The number of rotatable bonds is 3. The second kappa shape index (κ2) is 4.30. The minimum Gasteiger partial charge on any atom is -0.354 e. The molecular weight excluding hydrogens is 222 g/mol. The standard InChI is InChI=1S/C16H15NO/c18-15-16(12-17-15,14-9-5-2-6-10-14)11-13-7-3-1-4-8-13/h1-10H,11-12H2,(H,17,18). The molecule has 0 aromatic heterocycles. The summed E-state index contributed by atoms with van der Waals surface area (Å²) in [7, 11) is 0. The Balaban J connectivity index is 1.96. The number of benzene rings is 2. The van der Waals surface area contributed by atoms with Crippen LogP contribution < -0.4 is 5.32 Å². The van der Waals surface area contributed by atoms with Crippen LogP contribution in [0, 0.1) is 0 Å². The van der Waals surface area contributed by atoms with Crippen LogP contribution in [-0.4, -0.2) is 12.5 Å². The minimum atomic E-state index is -0.372. The SMILES string of the molecule is O=C1NCC1(Cc1ccccc1)c1ccccc1. The van der Waals surface area contributed by atoms with Crippen LogP contribution in [0.25, 0.3) is 0 Å². The maximum absolute atomic E-state index is 12.0. The maximum Gasteiger partial charge on any atom is 0.232 e. The van der Waals surface area contributed by atoms with Crippen molar-refractivity contribution in [2.45, 2.75) is 11.8 Å². The average molecular weight is 237 g/mol. The molecule has 0 bridgehead atoms. The Morgan fingerprint density at radius 1 is 0.944 bits per heavy atom. The summed E-state index contributed by atoms with van der Waals surface area (Å²) in [5.41, 5.74) is 1.94. The maximum atomic E-state index is 12.0. The van der Waals surface area contributed by atoms with Crippen LogP contribution in [0.15, 0.2) is 60.7 Å². The van der Waals surface area contributed by atoms with E-state index in [0.29, 0.717) is 0 Å². The molecule has 1 saturated heterocycles. The molecule has 1 fully saturated rings. The van der Waals surface area contributed by atoms with Gasteiger partial charge in [-0.05, 0) is 17.5 Å². The zero-order valence-corrected chi connectivity index (χ0v) is 10.1. The molecule has 0 aliphatic carbocycles. The van der Waals surface area contributed by atoms with Crippen LogP contribution in [0.5, 0.6) is 0 Å². The molecule has 1 atom stereocenters. The van der Waals surface area contributed by atoms with Crippen molar-refractivity contribution in [3.8, 4) is 0 Å². The van der Waals surface area contributed by atoms with Crippen molar-refractivity contribution in [2.24, 2.45) is 0 Å². The van der Waals surface area contributed by atoms with Crippen molar-refractivity contribution < 1.29 is 4.79 Å². The molecule has 1 amide bonds. The fraction of sp³-hybridized carbons (Fsp3) is 0.188. The highest BCUT2D eigenvalue weighted by Crippen LogP contribution is 2.33. The van der Waals surface area contributed by atoms with Gasteiger partial charge in [0.15, 0.2) is 0 Å². The van der Waals surface area contributed by atoms with Crippen LogP contribution in [0.1, 0.15) is 11.1 Å². The Kier molecular flexibility index (Phi) is 2.63. The molecule has 90 valence electrons. The molecule has 0 spiro atoms. The third-order valence-electron chi connectivity index (χ3n) is 3.66. The smallest absolute Gasteiger partial charge is 0.232 e. The second-order valence-corrected chi connectivity index (χ2v) is 4.79. The lowest BCUT2D eigenvalue weighted by Crippen LogP contribution is -2.63. The van der Waals surface area contributed by atoms with Crippen molar-refractivity contribution in [3.63, 3.8) is 0 Å². The largest absolute Gasteiger partial charge is 0.354 e. The Labute approximate surface area is 107 Å². The van der Waals surface area contributed by atoms with E-state index in [1.54, 1.807) is 0 Å². The summed E-state index contributed by atoms with van der Waals surface area (Å²) in [4.78, 5) is 12.0. The molecule has 1 aliphatic rings. The van der Waals surface area contributed by atoms with E-state index >= 15 is 0 Å². The van der Waals surface area contributed by atoms with Gasteiger partial charge in [-0.25, -0.2) is 0 Å². The molecule has 2 nitrogen and oxygen atoms in total. The Hall–Kier alpha value is -2.09. The number of carbonyl (C=O) groups is 1. The predicted molar refractivity (Wildman–Crippen MR) is 71.3 cm³/mol. The van der Waals surface area contributed by atoms with E-state index < -0.39 is 0 Å². The molecule has 3 rings (SSSR count). The second-order valence-electron chi connectivity index (χ2n) is 4.79. The summed E-state index contributed by atoms with van der Waals surface area (Å²) in [6.07, 6.45) is 0.768. The molecule has 1 aliphatic heterocycles. The van der Waals surface area contributed by atoms with Gasteiger partial charge in [-0.15, -0.1) is 0 Å². The zero-order chi connectivity index (χ0) is 12.4. The summed E-state index contributed by atoms with van der Waals surface area (Å²) in [5.74, 6) is 0.137. The summed E-state index contributed by atoms with van der Waals surface area (Å²) in [5, 5.41) is 2.88. The number of hydrogen-bond donors (Lipinski definition) is 1. The third-order valence-corrected chi connectivity index (χ3v) is 3.66. The Morgan fingerprint density at radius 3 is 2.06 bits per heavy atom. The fourth-order valence-corrected chi connectivity index (χ4v) is 2.55. The highest BCUT2D eigenvalue weighted by molar-refractivity contribution is 5.94. The minimum absolute atomic E-state index is 0.137. The lowest BCUT2D eigenvalue weighted by atomic mass is 9.70. The molecule has 0 saturated carbocycles. The number of carbonyl (C=O) groups excluding carboxylic acids is 1. The molecule has 1 N–H and O–H groups in total. The molecular formula is C16H15NO. The van der Waals surface area contributed by atoms with E-state index in [1.165, 1.54) is 5.56 Å². The molecule has 2 aromatic rings. The van der Waals surface area contributed by atoms with Gasteiger partial charge in [-0.2, -0.15) is 0 Å². The first-order chi connectivity index (χ1) is 8.81. The van der Waals surface area contributed by atoms with E-state index in [1.807, 2.05) is 48.5 Å². The highest BCUT2D eigenvalue weighted by Gasteiger charge is 2.47. The van der Waals surface area contributed by atoms with Gasteiger partial charge in [0, 0.05) is 6.54 Å². The predicted octanol–water partition coefficient (Wildman–Crippen LogP) is 2.30. The van der Waals surface area contributed by atoms with Gasteiger partial charge in [0.25, 0.3) is 0 Å². The normalized spacial score (nSPS) is 22.1. The molecule has 1 unspecified atom stereocenters. The highest BCUT2D eigenvalue weighted by atomic mass is 16.2. The lowest BCUT2D eigenvalue weighted by molar-refractivity contribution is -0.133. The van der Waals surface area contributed by atoms with Crippen molar-refractivity contribution >= 4 is 5.91 Å². The Bertz CT molecular complexity index is 550. The summed E-state index contributed by atoms with van der Waals surface area (Å²) in [6.45, 7) is 0.727. The van der Waals surface area contributed by atoms with E-state index in [4.69, 9.17) is 0 Å². The molecule has 1 heterocycles. The zero-order valence-electron chi connectivity index (χ0n) is 10.1. The van der Waals surface area contributed by atoms with Crippen LogP contribution in [-0.2, 0) is 16.6 Å². The quantitative estimate of drug-likeness (QED) is 0.815. The van der Waals surface area contributed by atoms with Gasteiger partial charge < -0.3 is 5.32 Å². The van der Waals surface area contributed by atoms with Crippen LogP contribution in [0.4, 0.5) is 0 Å². The van der Waals surface area contributed by atoms with Crippen molar-refractivity contribution in [3.05, 3.63) is 71.8 Å². The van der Waals surface area contributed by atoms with Gasteiger partial charge in [0.1, 0.15) is 0 Å². The summed E-state index contributed by atoms with van der Waals surface area (Å²) in [6, 6.07) is 20.3. The van der Waals surface area contributed by atoms with Crippen LogP contribution >= 0.6 is 0 Å². The van der Waals surface area contributed by atoms with E-state index in [9.17, 15) is 4.79 Å². The van der Waals surface area contributed by atoms with Gasteiger partial charge in [0.2, 0.25) is 5.91 Å². The van der Waals surface area contributed by atoms with Crippen molar-refractivity contribution in [1.82, 2.24) is 5.32 Å². The topological polar surface area (TPSA) is 29.1 Å². The number of hydrogen-bond acceptors (Lipinski definition) is 1. The monoisotopic (exact) mass is 237 g/mol. The van der Waals surface area contributed by atoms with Gasteiger partial charge in [0.05, 0.1) is 5.41 Å². The average Bonchev–Trinajstić information content (AvgIpc) is 2.45. The summed E-state index contributed by atoms with van der Waals surface area (Å²) < 4.78 is 0. The van der Waals surface area contributed by atoms with Gasteiger partial charge in [-0.3, -0.25) is 4.79 Å². The number of amides is 1. The Morgan fingerprint density at radius 2 is 1.56 bits per heavy atom. The third kappa shape index (κ3) is 1.70. The number of β-lactam (4-membered cyclic amide) rings is 1.